The van der Waals surface area contributed by atoms with Crippen LogP contribution in [-0.4, -0.2) is 10.1 Å². The molecule has 1 aromatic heterocycles. The topological polar surface area (TPSA) is 30.9 Å². The van der Waals surface area contributed by atoms with Crippen LogP contribution < -0.4 is 5.73 Å². The summed E-state index contributed by atoms with van der Waals surface area (Å²) in [7, 11) is 2.10. The average molecular weight is 202 g/mol. The molecule has 0 saturated carbocycles. The molecule has 2 heteroatoms. The Morgan fingerprint density at radius 3 is 2.53 bits per heavy atom. The smallest absolute Gasteiger partial charge is 0.0479 e. The van der Waals surface area contributed by atoms with Gasteiger partial charge in [-0.05, 0) is 31.4 Å². The Labute approximate surface area is 90.7 Å². The van der Waals surface area contributed by atoms with Crippen molar-refractivity contribution in [2.45, 2.75) is 25.8 Å². The van der Waals surface area contributed by atoms with Gasteiger partial charge in [0.15, 0.2) is 0 Å². The molecule has 0 aliphatic carbocycles. The van der Waals surface area contributed by atoms with Gasteiger partial charge in [0.2, 0.25) is 0 Å². The lowest BCUT2D eigenvalue weighted by Crippen LogP contribution is -2.35. The van der Waals surface area contributed by atoms with Gasteiger partial charge in [-0.1, -0.05) is 18.2 Å². The van der Waals surface area contributed by atoms with E-state index in [1.165, 1.54) is 16.6 Å². The third-order valence-corrected chi connectivity index (χ3v) is 2.69. The first-order valence-electron chi connectivity index (χ1n) is 5.29. The first-order chi connectivity index (χ1) is 6.97. The van der Waals surface area contributed by atoms with Crippen molar-refractivity contribution in [1.29, 1.82) is 0 Å². The molecule has 2 N–H and O–H groups in total. The molecule has 0 bridgehead atoms. The molecular formula is C13H18N2. The molecule has 2 rings (SSSR count). The predicted molar refractivity (Wildman–Crippen MR) is 64.9 cm³/mol. The first kappa shape index (κ1) is 10.2. The van der Waals surface area contributed by atoms with Crippen molar-refractivity contribution in [1.82, 2.24) is 4.57 Å². The van der Waals surface area contributed by atoms with E-state index in [1.54, 1.807) is 0 Å². The fraction of sp³-hybridized carbons (Fsp3) is 0.385. The number of aryl methyl sites for hydroxylation is 1. The fourth-order valence-electron chi connectivity index (χ4n) is 1.98. The van der Waals surface area contributed by atoms with E-state index < -0.39 is 0 Å². The SMILES string of the molecule is Cn1c(CC(C)(C)N)cc2ccccc21. The van der Waals surface area contributed by atoms with Crippen LogP contribution in [0.25, 0.3) is 10.9 Å². The lowest BCUT2D eigenvalue weighted by molar-refractivity contribution is 0.503. The van der Waals surface area contributed by atoms with E-state index in [2.05, 4.69) is 55.8 Å². The monoisotopic (exact) mass is 202 g/mol. The minimum Gasteiger partial charge on any atom is -0.348 e. The summed E-state index contributed by atoms with van der Waals surface area (Å²) < 4.78 is 2.23. The second-order valence-electron chi connectivity index (χ2n) is 4.92. The molecule has 0 radical (unpaired) electrons. The molecule has 0 unspecified atom stereocenters. The predicted octanol–water partition coefficient (Wildman–Crippen LogP) is 2.46. The van der Waals surface area contributed by atoms with Crippen LogP contribution in [0.3, 0.4) is 0 Å². The summed E-state index contributed by atoms with van der Waals surface area (Å²) in [4.78, 5) is 0. The molecule has 0 fully saturated rings. The number of hydrogen-bond acceptors (Lipinski definition) is 1. The Balaban J connectivity index is 2.49. The molecular weight excluding hydrogens is 184 g/mol. The Morgan fingerprint density at radius 1 is 1.27 bits per heavy atom. The van der Waals surface area contributed by atoms with Crippen molar-refractivity contribution in [3.05, 3.63) is 36.0 Å². The maximum absolute atomic E-state index is 6.04. The molecule has 1 aromatic carbocycles. The minimum absolute atomic E-state index is 0.151. The highest BCUT2D eigenvalue weighted by Crippen LogP contribution is 2.20. The zero-order valence-corrected chi connectivity index (χ0v) is 9.62. The van der Waals surface area contributed by atoms with Crippen molar-refractivity contribution < 1.29 is 0 Å². The van der Waals surface area contributed by atoms with E-state index in [4.69, 9.17) is 5.73 Å². The number of nitrogens with two attached hydrogens (primary N) is 1. The highest BCUT2D eigenvalue weighted by atomic mass is 14.9. The Hall–Kier alpha value is -1.28. The molecule has 80 valence electrons. The number of aromatic nitrogens is 1. The van der Waals surface area contributed by atoms with Gasteiger partial charge in [0, 0.05) is 30.2 Å². The second-order valence-corrected chi connectivity index (χ2v) is 4.92. The van der Waals surface area contributed by atoms with Gasteiger partial charge in [0.25, 0.3) is 0 Å². The molecule has 2 nitrogen and oxygen atoms in total. The van der Waals surface area contributed by atoms with Gasteiger partial charge in [-0.2, -0.15) is 0 Å². The van der Waals surface area contributed by atoms with Gasteiger partial charge in [-0.25, -0.2) is 0 Å². The fourth-order valence-corrected chi connectivity index (χ4v) is 1.98. The summed E-state index contributed by atoms with van der Waals surface area (Å²) >= 11 is 0. The molecule has 2 aromatic rings. The Morgan fingerprint density at radius 2 is 1.93 bits per heavy atom. The molecule has 0 aliphatic heterocycles. The van der Waals surface area contributed by atoms with Crippen LogP contribution in [0.2, 0.25) is 0 Å². The summed E-state index contributed by atoms with van der Waals surface area (Å²) in [6.07, 6.45) is 0.901. The molecule has 0 atom stereocenters. The van der Waals surface area contributed by atoms with Gasteiger partial charge in [-0.3, -0.25) is 0 Å². The molecule has 0 spiro atoms. The minimum atomic E-state index is -0.151. The second kappa shape index (κ2) is 3.38. The lowest BCUT2D eigenvalue weighted by atomic mass is 10.00. The van der Waals surface area contributed by atoms with Crippen LogP contribution in [0.1, 0.15) is 19.5 Å². The van der Waals surface area contributed by atoms with Gasteiger partial charge in [0.05, 0.1) is 0 Å². The van der Waals surface area contributed by atoms with Crippen LogP contribution in [0.4, 0.5) is 0 Å². The molecule has 15 heavy (non-hydrogen) atoms. The molecule has 1 heterocycles. The molecule has 0 saturated heterocycles. The number of rotatable bonds is 2. The lowest BCUT2D eigenvalue weighted by Gasteiger charge is -2.18. The van der Waals surface area contributed by atoms with Crippen LogP contribution in [0, 0.1) is 0 Å². The molecule has 0 amide bonds. The number of hydrogen-bond donors (Lipinski definition) is 1. The number of para-hydroxylation sites is 1. The van der Waals surface area contributed by atoms with E-state index in [9.17, 15) is 0 Å². The number of nitrogens with zero attached hydrogens (tertiary/aromatic N) is 1. The van der Waals surface area contributed by atoms with E-state index in [0.717, 1.165) is 6.42 Å². The van der Waals surface area contributed by atoms with E-state index in [-0.39, 0.29) is 5.54 Å². The van der Waals surface area contributed by atoms with Crippen molar-refractivity contribution >= 4 is 10.9 Å². The van der Waals surface area contributed by atoms with Crippen molar-refractivity contribution in [2.75, 3.05) is 0 Å². The van der Waals surface area contributed by atoms with Crippen LogP contribution in [-0.2, 0) is 13.5 Å². The summed E-state index contributed by atoms with van der Waals surface area (Å²) in [6.45, 7) is 4.12. The van der Waals surface area contributed by atoms with Crippen molar-refractivity contribution in [3.63, 3.8) is 0 Å². The van der Waals surface area contributed by atoms with Gasteiger partial charge in [0.1, 0.15) is 0 Å². The summed E-state index contributed by atoms with van der Waals surface area (Å²) in [5.74, 6) is 0. The average Bonchev–Trinajstić information content (AvgIpc) is 2.42. The zero-order chi connectivity index (χ0) is 11.1. The highest BCUT2D eigenvalue weighted by molar-refractivity contribution is 5.81. The van der Waals surface area contributed by atoms with E-state index in [1.807, 2.05) is 0 Å². The van der Waals surface area contributed by atoms with Crippen LogP contribution in [0.5, 0.6) is 0 Å². The van der Waals surface area contributed by atoms with E-state index in [0.29, 0.717) is 0 Å². The summed E-state index contributed by atoms with van der Waals surface area (Å²) in [5, 5.41) is 1.29. The quantitative estimate of drug-likeness (QED) is 0.796. The van der Waals surface area contributed by atoms with Crippen LogP contribution in [0.15, 0.2) is 30.3 Å². The van der Waals surface area contributed by atoms with Crippen molar-refractivity contribution in [2.24, 2.45) is 12.8 Å². The highest BCUT2D eigenvalue weighted by Gasteiger charge is 2.15. The maximum atomic E-state index is 6.04. The first-order valence-corrected chi connectivity index (χ1v) is 5.29. The number of benzene rings is 1. The number of fused-ring (bicyclic) bond motifs is 1. The third kappa shape index (κ3) is 2.05. The Bertz CT molecular complexity index is 475. The largest absolute Gasteiger partial charge is 0.348 e. The van der Waals surface area contributed by atoms with Gasteiger partial charge >= 0.3 is 0 Å². The maximum Gasteiger partial charge on any atom is 0.0479 e. The summed E-state index contributed by atoms with van der Waals surface area (Å²) in [5.41, 5.74) is 8.46. The normalized spacial score (nSPS) is 12.3. The van der Waals surface area contributed by atoms with E-state index >= 15 is 0 Å². The molecule has 0 aliphatic rings. The standard InChI is InChI=1S/C13H18N2/c1-13(2,14)9-11-8-10-6-4-5-7-12(10)15(11)3/h4-8H,9,14H2,1-3H3. The Kier molecular flexibility index (Phi) is 2.31. The van der Waals surface area contributed by atoms with Gasteiger partial charge < -0.3 is 10.3 Å². The summed E-state index contributed by atoms with van der Waals surface area (Å²) in [6, 6.07) is 10.6. The zero-order valence-electron chi connectivity index (χ0n) is 9.62. The van der Waals surface area contributed by atoms with Crippen LogP contribution >= 0.6 is 0 Å². The van der Waals surface area contributed by atoms with Gasteiger partial charge in [-0.15, -0.1) is 0 Å². The van der Waals surface area contributed by atoms with Crippen molar-refractivity contribution in [3.8, 4) is 0 Å². The third-order valence-electron chi connectivity index (χ3n) is 2.69.